The molecule has 2 aromatic heterocycles. The summed E-state index contributed by atoms with van der Waals surface area (Å²) in [4.78, 5) is 15.5. The summed E-state index contributed by atoms with van der Waals surface area (Å²) in [5.74, 6) is 0.0438. The van der Waals surface area contributed by atoms with Gasteiger partial charge in [-0.3, -0.25) is 4.79 Å². The molecular weight excluding hydrogens is 266 g/mol. The van der Waals surface area contributed by atoms with E-state index < -0.39 is 0 Å². The zero-order valence-corrected chi connectivity index (χ0v) is 11.2. The monoisotopic (exact) mass is 275 g/mol. The van der Waals surface area contributed by atoms with E-state index in [0.717, 1.165) is 22.0 Å². The van der Waals surface area contributed by atoms with E-state index >= 15 is 0 Å². The van der Waals surface area contributed by atoms with Crippen LogP contribution in [0, 0.1) is 6.92 Å². The lowest BCUT2D eigenvalue weighted by Crippen LogP contribution is -2.00. The highest BCUT2D eigenvalue weighted by Gasteiger charge is 2.17. The van der Waals surface area contributed by atoms with Crippen LogP contribution in [0.2, 0.25) is 5.02 Å². The largest absolute Gasteiger partial charge is 0.359 e. The number of para-hydroxylation sites is 1. The smallest absolute Gasteiger partial charge is 0.196 e. The van der Waals surface area contributed by atoms with Crippen molar-refractivity contribution in [3.63, 3.8) is 0 Å². The van der Waals surface area contributed by atoms with Crippen molar-refractivity contribution in [1.82, 2.24) is 4.98 Å². The first-order chi connectivity index (χ1) is 8.68. The number of hydrogen-bond donors (Lipinski definition) is 1. The van der Waals surface area contributed by atoms with Crippen LogP contribution in [0.3, 0.4) is 0 Å². The third kappa shape index (κ3) is 1.67. The van der Waals surface area contributed by atoms with Gasteiger partial charge in [-0.05, 0) is 23.9 Å². The first-order valence-corrected chi connectivity index (χ1v) is 6.83. The molecule has 3 rings (SSSR count). The fraction of sp³-hybridized carbons (Fsp3) is 0.0714. The molecule has 0 spiro atoms. The minimum absolute atomic E-state index is 0.0438. The summed E-state index contributed by atoms with van der Waals surface area (Å²) in [6.45, 7) is 1.95. The van der Waals surface area contributed by atoms with Gasteiger partial charge in [0.2, 0.25) is 0 Å². The molecule has 0 saturated carbocycles. The highest BCUT2D eigenvalue weighted by Crippen LogP contribution is 2.28. The Bertz CT molecular complexity index is 741. The highest BCUT2D eigenvalue weighted by molar-refractivity contribution is 7.08. The lowest BCUT2D eigenvalue weighted by molar-refractivity contribution is 0.104. The summed E-state index contributed by atoms with van der Waals surface area (Å²) in [5.41, 5.74) is 3.27. The molecule has 2 heterocycles. The topological polar surface area (TPSA) is 32.9 Å². The highest BCUT2D eigenvalue weighted by atomic mass is 35.5. The van der Waals surface area contributed by atoms with Crippen LogP contribution in [0.1, 0.15) is 21.5 Å². The van der Waals surface area contributed by atoms with E-state index in [2.05, 4.69) is 4.98 Å². The fourth-order valence-electron chi connectivity index (χ4n) is 2.04. The Labute approximate surface area is 113 Å². The number of hydrogen-bond acceptors (Lipinski definition) is 2. The average molecular weight is 276 g/mol. The fourth-order valence-corrected chi connectivity index (χ4v) is 3.10. The number of thiophene rings is 1. The van der Waals surface area contributed by atoms with Crippen LogP contribution in [0.5, 0.6) is 0 Å². The number of H-pyrrole nitrogens is 1. The Balaban J connectivity index is 2.19. The molecule has 1 aromatic carbocycles. The molecular formula is C14H10ClNOS. The van der Waals surface area contributed by atoms with Gasteiger partial charge in [0.05, 0.1) is 10.5 Å². The molecule has 18 heavy (non-hydrogen) atoms. The summed E-state index contributed by atoms with van der Waals surface area (Å²) >= 11 is 7.63. The number of rotatable bonds is 2. The molecule has 0 atom stereocenters. The SMILES string of the molecule is Cc1cscc1C(=O)c1c[nH]c2c(Cl)cccc12. The number of carbonyl (C=O) groups excluding carboxylic acids is 1. The van der Waals surface area contributed by atoms with Crippen molar-refractivity contribution in [3.05, 3.63) is 56.9 Å². The molecule has 0 aliphatic rings. The van der Waals surface area contributed by atoms with E-state index in [-0.39, 0.29) is 5.78 Å². The normalized spacial score (nSPS) is 11.0. The van der Waals surface area contributed by atoms with Crippen molar-refractivity contribution >= 4 is 39.6 Å². The third-order valence-corrected chi connectivity index (χ3v) is 4.19. The Morgan fingerprint density at radius 3 is 2.83 bits per heavy atom. The van der Waals surface area contributed by atoms with Gasteiger partial charge in [0.1, 0.15) is 0 Å². The van der Waals surface area contributed by atoms with Crippen molar-refractivity contribution in [1.29, 1.82) is 0 Å². The number of aryl methyl sites for hydroxylation is 1. The molecule has 90 valence electrons. The molecule has 0 aliphatic carbocycles. The molecule has 0 unspecified atom stereocenters. The molecule has 4 heteroatoms. The van der Waals surface area contributed by atoms with Crippen LogP contribution in [0.4, 0.5) is 0 Å². The van der Waals surface area contributed by atoms with Crippen molar-refractivity contribution in [2.75, 3.05) is 0 Å². The van der Waals surface area contributed by atoms with Gasteiger partial charge in [-0.25, -0.2) is 0 Å². The Morgan fingerprint density at radius 2 is 2.11 bits per heavy atom. The Hall–Kier alpha value is -1.58. The van der Waals surface area contributed by atoms with Crippen LogP contribution >= 0.6 is 22.9 Å². The van der Waals surface area contributed by atoms with Gasteiger partial charge >= 0.3 is 0 Å². The van der Waals surface area contributed by atoms with E-state index in [0.29, 0.717) is 10.6 Å². The van der Waals surface area contributed by atoms with Crippen molar-refractivity contribution in [2.45, 2.75) is 6.92 Å². The Morgan fingerprint density at radius 1 is 1.28 bits per heavy atom. The van der Waals surface area contributed by atoms with Gasteiger partial charge in [-0.15, -0.1) is 0 Å². The first kappa shape index (κ1) is 11.5. The second-order valence-corrected chi connectivity index (χ2v) is 5.31. The van der Waals surface area contributed by atoms with Gasteiger partial charge in [-0.1, -0.05) is 23.7 Å². The number of nitrogens with one attached hydrogen (secondary N) is 1. The minimum Gasteiger partial charge on any atom is -0.359 e. The lowest BCUT2D eigenvalue weighted by atomic mass is 10.0. The molecule has 0 fully saturated rings. The summed E-state index contributed by atoms with van der Waals surface area (Å²) in [6.07, 6.45) is 1.73. The molecule has 0 amide bonds. The molecule has 0 bridgehead atoms. The van der Waals surface area contributed by atoms with Crippen LogP contribution in [-0.2, 0) is 0 Å². The maximum Gasteiger partial charge on any atom is 0.196 e. The third-order valence-electron chi connectivity index (χ3n) is 3.01. The number of ketones is 1. The van der Waals surface area contributed by atoms with Gasteiger partial charge in [0.25, 0.3) is 0 Å². The van der Waals surface area contributed by atoms with E-state index in [1.54, 1.807) is 17.5 Å². The maximum atomic E-state index is 12.5. The van der Waals surface area contributed by atoms with Gasteiger partial charge < -0.3 is 4.98 Å². The van der Waals surface area contributed by atoms with Crippen LogP contribution < -0.4 is 0 Å². The number of aromatic amines is 1. The zero-order valence-electron chi connectivity index (χ0n) is 9.66. The van der Waals surface area contributed by atoms with Gasteiger partial charge in [0, 0.05) is 28.1 Å². The minimum atomic E-state index is 0.0438. The zero-order chi connectivity index (χ0) is 12.7. The van der Waals surface area contributed by atoms with Gasteiger partial charge in [-0.2, -0.15) is 11.3 Å². The number of fused-ring (bicyclic) bond motifs is 1. The number of carbonyl (C=O) groups is 1. The molecule has 3 aromatic rings. The summed E-state index contributed by atoms with van der Waals surface area (Å²) in [5, 5.41) is 5.38. The predicted molar refractivity (Wildman–Crippen MR) is 75.8 cm³/mol. The van der Waals surface area contributed by atoms with Crippen molar-refractivity contribution in [2.24, 2.45) is 0 Å². The quantitative estimate of drug-likeness (QED) is 0.690. The van der Waals surface area contributed by atoms with Gasteiger partial charge in [0.15, 0.2) is 5.78 Å². The lowest BCUT2D eigenvalue weighted by Gasteiger charge is -1.99. The van der Waals surface area contributed by atoms with Crippen molar-refractivity contribution in [3.8, 4) is 0 Å². The van der Waals surface area contributed by atoms with Crippen LogP contribution in [-0.4, -0.2) is 10.8 Å². The number of benzene rings is 1. The molecule has 1 N–H and O–H groups in total. The summed E-state index contributed by atoms with van der Waals surface area (Å²) in [6, 6.07) is 5.58. The van der Waals surface area contributed by atoms with E-state index in [1.165, 1.54) is 0 Å². The number of aromatic nitrogens is 1. The van der Waals surface area contributed by atoms with E-state index in [9.17, 15) is 4.79 Å². The summed E-state index contributed by atoms with van der Waals surface area (Å²) in [7, 11) is 0. The van der Waals surface area contributed by atoms with E-state index in [4.69, 9.17) is 11.6 Å². The maximum absolute atomic E-state index is 12.5. The van der Waals surface area contributed by atoms with Crippen LogP contribution in [0.15, 0.2) is 35.2 Å². The molecule has 2 nitrogen and oxygen atoms in total. The van der Waals surface area contributed by atoms with E-state index in [1.807, 2.05) is 35.9 Å². The molecule has 0 saturated heterocycles. The molecule has 0 aliphatic heterocycles. The second kappa shape index (κ2) is 4.26. The standard InChI is InChI=1S/C14H10ClNOS/c1-8-6-18-7-11(8)14(17)10-5-16-13-9(10)3-2-4-12(13)15/h2-7,16H,1H3. The Kier molecular flexibility index (Phi) is 2.73. The number of halogens is 1. The van der Waals surface area contributed by atoms with Crippen LogP contribution in [0.25, 0.3) is 10.9 Å². The second-order valence-electron chi connectivity index (χ2n) is 4.16. The molecule has 0 radical (unpaired) electrons. The van der Waals surface area contributed by atoms with Crippen molar-refractivity contribution < 1.29 is 4.79 Å². The first-order valence-electron chi connectivity index (χ1n) is 5.51. The predicted octanol–water partition coefficient (Wildman–Crippen LogP) is 4.42. The average Bonchev–Trinajstić information content (AvgIpc) is 2.95. The summed E-state index contributed by atoms with van der Waals surface area (Å²) < 4.78 is 0.